The standard InChI is InChI=1S/C20H32N4O6S/c1-14(2)19(20(21)26)24(27,13-18(25)22-15-9-11-23(3)12-10-15)31(28,29)17-7-5-16(30-4)6-8-17/h5-8,14-15,19,27H,9-13H2,1-4H3,(H2-,21,22,25,26)/p+1/t19-,24?/m1/s1. The number of likely N-dealkylation sites (tertiary alicyclic amines) is 1. The van der Waals surface area contributed by atoms with E-state index in [9.17, 15) is 23.2 Å². The van der Waals surface area contributed by atoms with E-state index in [0.29, 0.717) is 18.6 Å². The number of sulfonamides is 1. The van der Waals surface area contributed by atoms with Crippen LogP contribution in [0.3, 0.4) is 0 Å². The molecule has 0 aliphatic carbocycles. The maximum Gasteiger partial charge on any atom is 0.358 e. The van der Waals surface area contributed by atoms with Gasteiger partial charge in [-0.1, -0.05) is 17.9 Å². The van der Waals surface area contributed by atoms with E-state index in [-0.39, 0.29) is 10.9 Å². The first-order valence-corrected chi connectivity index (χ1v) is 11.6. The number of rotatable bonds is 9. The number of amides is 2. The van der Waals surface area contributed by atoms with Crippen molar-refractivity contribution in [3.05, 3.63) is 24.3 Å². The maximum atomic E-state index is 13.5. The Kier molecular flexibility index (Phi) is 8.04. The second-order valence-corrected chi connectivity index (χ2v) is 10.4. The number of nitrogens with zero attached hydrogens (tertiary/aromatic N) is 2. The van der Waals surface area contributed by atoms with Gasteiger partial charge in [0.05, 0.1) is 7.11 Å². The second kappa shape index (κ2) is 9.94. The smallest absolute Gasteiger partial charge is 0.358 e. The molecule has 1 aromatic rings. The van der Waals surface area contributed by atoms with Crippen LogP contribution in [-0.2, 0) is 19.6 Å². The molecule has 1 aliphatic rings. The molecule has 10 nitrogen and oxygen atoms in total. The van der Waals surface area contributed by atoms with E-state index < -0.39 is 44.4 Å². The molecule has 1 saturated heterocycles. The summed E-state index contributed by atoms with van der Waals surface area (Å²) < 4.78 is 30.1. The SMILES string of the molecule is COc1ccc(S(=O)(=O)[N+](O)(CC(=O)NC2CCN(C)CC2)[C@@H](C(N)=O)C(C)C)cc1. The minimum atomic E-state index is -4.59. The van der Waals surface area contributed by atoms with E-state index in [4.69, 9.17) is 10.5 Å². The number of primary amides is 1. The molecular formula is C20H33N4O6S+. The summed E-state index contributed by atoms with van der Waals surface area (Å²) in [4.78, 5) is 26.9. The average molecular weight is 458 g/mol. The van der Waals surface area contributed by atoms with Gasteiger partial charge >= 0.3 is 10.0 Å². The van der Waals surface area contributed by atoms with Crippen molar-refractivity contribution in [3.63, 3.8) is 0 Å². The number of nitrogens with two attached hydrogens (primary N) is 1. The van der Waals surface area contributed by atoms with Crippen LogP contribution in [0, 0.1) is 5.92 Å². The molecule has 0 bridgehead atoms. The van der Waals surface area contributed by atoms with E-state index in [1.165, 1.54) is 31.4 Å². The van der Waals surface area contributed by atoms with Crippen LogP contribution < -0.4 is 15.8 Å². The third kappa shape index (κ3) is 5.53. The first-order chi connectivity index (χ1) is 14.4. The number of carbonyl (C=O) groups is 2. The fourth-order valence-electron chi connectivity index (χ4n) is 3.89. The van der Waals surface area contributed by atoms with Gasteiger partial charge in [-0.3, -0.25) is 9.59 Å². The molecule has 0 aromatic heterocycles. The summed E-state index contributed by atoms with van der Waals surface area (Å²) in [5.41, 5.74) is 5.48. The lowest BCUT2D eigenvalue weighted by Gasteiger charge is -2.36. The first kappa shape index (κ1) is 25.1. The van der Waals surface area contributed by atoms with Crippen molar-refractivity contribution >= 4 is 21.8 Å². The van der Waals surface area contributed by atoms with E-state index in [1.54, 1.807) is 13.8 Å². The number of nitrogens with one attached hydrogen (secondary N) is 1. The lowest BCUT2D eigenvalue weighted by Crippen LogP contribution is -2.66. The number of methoxy groups -OCH3 is 1. The van der Waals surface area contributed by atoms with Gasteiger partial charge in [0, 0.05) is 12.0 Å². The van der Waals surface area contributed by atoms with Crippen LogP contribution in [0.2, 0.25) is 0 Å². The summed E-state index contributed by atoms with van der Waals surface area (Å²) in [6, 6.07) is 3.67. The van der Waals surface area contributed by atoms with Gasteiger partial charge in [0.2, 0.25) is 12.6 Å². The summed E-state index contributed by atoms with van der Waals surface area (Å²) in [6.45, 7) is 3.87. The fourth-order valence-corrected chi connectivity index (χ4v) is 5.67. The zero-order chi connectivity index (χ0) is 23.4. The molecule has 0 spiro atoms. The summed E-state index contributed by atoms with van der Waals surface area (Å²) in [5.74, 6) is -1.90. The highest BCUT2D eigenvalue weighted by molar-refractivity contribution is 7.85. The molecule has 2 atom stereocenters. The number of hydroxylamine groups is 2. The monoisotopic (exact) mass is 457 g/mol. The van der Waals surface area contributed by atoms with E-state index >= 15 is 0 Å². The molecule has 1 aliphatic heterocycles. The predicted octanol–water partition coefficient (Wildman–Crippen LogP) is 0.310. The Morgan fingerprint density at radius 1 is 1.26 bits per heavy atom. The van der Waals surface area contributed by atoms with Crippen molar-refractivity contribution in [2.75, 3.05) is 33.8 Å². The minimum Gasteiger partial charge on any atom is -0.497 e. The van der Waals surface area contributed by atoms with Gasteiger partial charge in [0.25, 0.3) is 11.8 Å². The van der Waals surface area contributed by atoms with Gasteiger partial charge in [-0.25, -0.2) is 0 Å². The fraction of sp³-hybridized carbons (Fsp3) is 0.600. The predicted molar refractivity (Wildman–Crippen MR) is 114 cm³/mol. The Bertz CT molecular complexity index is 881. The zero-order valence-electron chi connectivity index (χ0n) is 18.4. The lowest BCUT2D eigenvalue weighted by molar-refractivity contribution is -1.01. The zero-order valence-corrected chi connectivity index (χ0v) is 19.3. The molecular weight excluding hydrogens is 424 g/mol. The second-order valence-electron chi connectivity index (χ2n) is 8.30. The van der Waals surface area contributed by atoms with E-state index in [2.05, 4.69) is 10.2 Å². The van der Waals surface area contributed by atoms with Crippen LogP contribution in [0.4, 0.5) is 0 Å². The number of hydrogen-bond donors (Lipinski definition) is 3. The van der Waals surface area contributed by atoms with Crippen LogP contribution in [0.1, 0.15) is 26.7 Å². The molecule has 174 valence electrons. The van der Waals surface area contributed by atoms with Gasteiger partial charge in [-0.15, -0.1) is 0 Å². The van der Waals surface area contributed by atoms with Crippen LogP contribution in [0.5, 0.6) is 5.75 Å². The molecule has 2 rings (SSSR count). The topological polar surface area (TPSA) is 139 Å². The molecule has 1 heterocycles. The molecule has 11 heteroatoms. The summed E-state index contributed by atoms with van der Waals surface area (Å²) in [5, 5.41) is 14.2. The molecule has 0 saturated carbocycles. The van der Waals surface area contributed by atoms with Gasteiger partial charge < -0.3 is 20.7 Å². The van der Waals surface area contributed by atoms with Gasteiger partial charge in [0.15, 0.2) is 0 Å². The third-order valence-electron chi connectivity index (χ3n) is 5.58. The summed E-state index contributed by atoms with van der Waals surface area (Å²) in [6.07, 6.45) is 1.42. The van der Waals surface area contributed by atoms with Crippen molar-refractivity contribution in [2.45, 2.75) is 43.7 Å². The number of carbonyl (C=O) groups excluding carboxylic acids is 2. The van der Waals surface area contributed by atoms with Gasteiger partial charge in [0.1, 0.15) is 10.6 Å². The molecule has 1 fully saturated rings. The first-order valence-electron chi connectivity index (χ1n) is 10.2. The van der Waals surface area contributed by atoms with Crippen molar-refractivity contribution in [3.8, 4) is 5.75 Å². The van der Waals surface area contributed by atoms with E-state index in [0.717, 1.165) is 13.1 Å². The van der Waals surface area contributed by atoms with Crippen molar-refractivity contribution < 1.29 is 32.0 Å². The molecule has 0 radical (unpaired) electrons. The van der Waals surface area contributed by atoms with Crippen LogP contribution >= 0.6 is 0 Å². The van der Waals surface area contributed by atoms with Gasteiger partial charge in [-0.2, -0.15) is 13.6 Å². The molecule has 1 unspecified atom stereocenters. The van der Waals surface area contributed by atoms with Crippen molar-refractivity contribution in [1.82, 2.24) is 10.2 Å². The quantitative estimate of drug-likeness (QED) is 0.358. The normalized spacial score (nSPS) is 18.9. The number of benzene rings is 1. The molecule has 4 N–H and O–H groups in total. The van der Waals surface area contributed by atoms with Crippen LogP contribution in [0.25, 0.3) is 0 Å². The number of hydrogen-bond acceptors (Lipinski definition) is 7. The summed E-state index contributed by atoms with van der Waals surface area (Å²) >= 11 is 0. The minimum absolute atomic E-state index is 0.132. The maximum absolute atomic E-state index is 13.5. The number of ether oxygens (including phenoxy) is 1. The highest BCUT2D eigenvalue weighted by Gasteiger charge is 2.55. The molecule has 2 amide bonds. The molecule has 1 aromatic carbocycles. The highest BCUT2D eigenvalue weighted by Crippen LogP contribution is 2.30. The Morgan fingerprint density at radius 2 is 1.81 bits per heavy atom. The Balaban J connectivity index is 2.40. The van der Waals surface area contributed by atoms with Crippen LogP contribution in [-0.4, -0.2) is 80.3 Å². The highest BCUT2D eigenvalue weighted by atomic mass is 32.2. The van der Waals surface area contributed by atoms with E-state index in [1.807, 2.05) is 7.05 Å². The third-order valence-corrected chi connectivity index (χ3v) is 7.64. The Hall–Kier alpha value is -2.21. The lowest BCUT2D eigenvalue weighted by atomic mass is 10.0. The van der Waals surface area contributed by atoms with Crippen LogP contribution in [0.15, 0.2) is 29.2 Å². The van der Waals surface area contributed by atoms with Crippen molar-refractivity contribution in [2.24, 2.45) is 11.7 Å². The summed E-state index contributed by atoms with van der Waals surface area (Å²) in [7, 11) is -1.17. The Labute approximate surface area is 183 Å². The average Bonchev–Trinajstić information content (AvgIpc) is 2.68. The Morgan fingerprint density at radius 3 is 2.26 bits per heavy atom. The molecule has 31 heavy (non-hydrogen) atoms. The van der Waals surface area contributed by atoms with Crippen molar-refractivity contribution in [1.29, 1.82) is 0 Å². The number of piperidine rings is 1. The largest absolute Gasteiger partial charge is 0.497 e. The number of quaternary nitrogens is 1. The van der Waals surface area contributed by atoms with Gasteiger partial charge in [-0.05, 0) is 57.2 Å².